The molecule has 0 spiro atoms. The van der Waals surface area contributed by atoms with Crippen molar-refractivity contribution in [1.29, 1.82) is 0 Å². The Balaban J connectivity index is 1.69. The lowest BCUT2D eigenvalue weighted by Gasteiger charge is -2.17. The van der Waals surface area contributed by atoms with E-state index in [0.29, 0.717) is 17.3 Å². The van der Waals surface area contributed by atoms with E-state index < -0.39 is 0 Å². The van der Waals surface area contributed by atoms with Gasteiger partial charge in [0, 0.05) is 29.4 Å². The van der Waals surface area contributed by atoms with Gasteiger partial charge in [0.05, 0.1) is 5.92 Å². The van der Waals surface area contributed by atoms with Crippen molar-refractivity contribution in [2.24, 2.45) is 5.92 Å². The average molecular weight is 343 g/mol. The predicted octanol–water partition coefficient (Wildman–Crippen LogP) is 3.95. The Bertz CT molecular complexity index is 786. The highest BCUT2D eigenvalue weighted by Crippen LogP contribution is 2.27. The van der Waals surface area contributed by atoms with Crippen LogP contribution in [0.5, 0.6) is 0 Å². The minimum Gasteiger partial charge on any atom is -0.326 e. The molecule has 1 aliphatic heterocycles. The molecular weight excluding hydrogens is 324 g/mol. The second-order valence-corrected chi connectivity index (χ2v) is 6.60. The molecular formula is C19H19ClN2O2. The number of benzene rings is 2. The first-order valence-corrected chi connectivity index (χ1v) is 8.26. The summed E-state index contributed by atoms with van der Waals surface area (Å²) in [5.74, 6) is -0.544. The normalized spacial score (nSPS) is 17.2. The molecule has 5 heteroatoms. The van der Waals surface area contributed by atoms with E-state index in [1.54, 1.807) is 11.0 Å². The SMILES string of the molecule is Cc1ccc(N2C[C@H](C(=O)Nc3ccc(C)c(Cl)c3)CC2=O)cc1. The van der Waals surface area contributed by atoms with Gasteiger partial charge in [-0.3, -0.25) is 9.59 Å². The zero-order chi connectivity index (χ0) is 17.3. The van der Waals surface area contributed by atoms with Crippen LogP contribution in [0.2, 0.25) is 5.02 Å². The van der Waals surface area contributed by atoms with Crippen LogP contribution in [0.4, 0.5) is 11.4 Å². The fraction of sp³-hybridized carbons (Fsp3) is 0.263. The van der Waals surface area contributed by atoms with Crippen LogP contribution in [-0.2, 0) is 9.59 Å². The first kappa shape index (κ1) is 16.5. The second kappa shape index (κ2) is 6.65. The number of hydrogen-bond acceptors (Lipinski definition) is 2. The molecule has 1 heterocycles. The molecule has 1 fully saturated rings. The summed E-state index contributed by atoms with van der Waals surface area (Å²) in [7, 11) is 0. The molecule has 1 saturated heterocycles. The Morgan fingerprint density at radius 3 is 2.54 bits per heavy atom. The van der Waals surface area contributed by atoms with Crippen LogP contribution in [0.25, 0.3) is 0 Å². The van der Waals surface area contributed by atoms with Gasteiger partial charge in [-0.05, 0) is 43.7 Å². The number of rotatable bonds is 3. The quantitative estimate of drug-likeness (QED) is 0.918. The number of nitrogens with zero attached hydrogens (tertiary/aromatic N) is 1. The third-order valence-corrected chi connectivity index (χ3v) is 4.69. The average Bonchev–Trinajstić information content (AvgIpc) is 2.94. The maximum atomic E-state index is 12.5. The standard InChI is InChI=1S/C19H19ClN2O2/c1-12-3-7-16(8-4-12)22-11-14(9-18(22)23)19(24)21-15-6-5-13(2)17(20)10-15/h3-8,10,14H,9,11H2,1-2H3,(H,21,24)/t14-/m1/s1. The number of amides is 2. The fourth-order valence-corrected chi connectivity index (χ4v) is 2.95. The van der Waals surface area contributed by atoms with Gasteiger partial charge in [-0.25, -0.2) is 0 Å². The van der Waals surface area contributed by atoms with E-state index >= 15 is 0 Å². The van der Waals surface area contributed by atoms with Gasteiger partial charge in [0.25, 0.3) is 0 Å². The molecule has 0 bridgehead atoms. The van der Waals surface area contributed by atoms with E-state index in [1.165, 1.54) is 0 Å². The predicted molar refractivity (Wildman–Crippen MR) is 96.5 cm³/mol. The van der Waals surface area contributed by atoms with Crippen molar-refractivity contribution < 1.29 is 9.59 Å². The summed E-state index contributed by atoms with van der Waals surface area (Å²) in [4.78, 5) is 26.4. The smallest absolute Gasteiger partial charge is 0.229 e. The second-order valence-electron chi connectivity index (χ2n) is 6.19. The molecule has 1 aliphatic rings. The number of carbonyl (C=O) groups is 2. The molecule has 1 atom stereocenters. The van der Waals surface area contributed by atoms with Crippen molar-refractivity contribution in [2.75, 3.05) is 16.8 Å². The van der Waals surface area contributed by atoms with Gasteiger partial charge in [0.15, 0.2) is 0 Å². The van der Waals surface area contributed by atoms with E-state index in [9.17, 15) is 9.59 Å². The first-order chi connectivity index (χ1) is 11.4. The summed E-state index contributed by atoms with van der Waals surface area (Å²) in [6, 6.07) is 13.1. The highest BCUT2D eigenvalue weighted by molar-refractivity contribution is 6.31. The van der Waals surface area contributed by atoms with Gasteiger partial charge >= 0.3 is 0 Å². The van der Waals surface area contributed by atoms with E-state index in [2.05, 4.69) is 5.32 Å². The maximum absolute atomic E-state index is 12.5. The molecule has 2 aromatic rings. The molecule has 0 unspecified atom stereocenters. The zero-order valence-corrected chi connectivity index (χ0v) is 14.4. The molecule has 2 amide bonds. The van der Waals surface area contributed by atoms with Crippen LogP contribution in [0.3, 0.4) is 0 Å². The van der Waals surface area contributed by atoms with Crippen LogP contribution in [0, 0.1) is 19.8 Å². The highest BCUT2D eigenvalue weighted by Gasteiger charge is 2.35. The lowest BCUT2D eigenvalue weighted by atomic mass is 10.1. The third-order valence-electron chi connectivity index (χ3n) is 4.28. The van der Waals surface area contributed by atoms with E-state index in [4.69, 9.17) is 11.6 Å². The largest absolute Gasteiger partial charge is 0.326 e. The summed E-state index contributed by atoms with van der Waals surface area (Å²) in [5.41, 5.74) is 3.57. The minimum absolute atomic E-state index is 0.0269. The van der Waals surface area contributed by atoms with Crippen molar-refractivity contribution in [2.45, 2.75) is 20.3 Å². The molecule has 0 radical (unpaired) electrons. The summed E-state index contributed by atoms with van der Waals surface area (Å²) in [5, 5.41) is 3.46. The van der Waals surface area contributed by atoms with Crippen molar-refractivity contribution in [1.82, 2.24) is 0 Å². The minimum atomic E-state index is -0.362. The van der Waals surface area contributed by atoms with Gasteiger partial charge < -0.3 is 10.2 Å². The molecule has 0 aromatic heterocycles. The van der Waals surface area contributed by atoms with Crippen LogP contribution < -0.4 is 10.2 Å². The van der Waals surface area contributed by atoms with Gasteiger partial charge in [-0.15, -0.1) is 0 Å². The van der Waals surface area contributed by atoms with Crippen LogP contribution in [0.1, 0.15) is 17.5 Å². The molecule has 4 nitrogen and oxygen atoms in total. The van der Waals surface area contributed by atoms with Crippen molar-refractivity contribution in [3.63, 3.8) is 0 Å². The fourth-order valence-electron chi connectivity index (χ4n) is 2.77. The van der Waals surface area contributed by atoms with Gasteiger partial charge in [0.2, 0.25) is 11.8 Å². The lowest BCUT2D eigenvalue weighted by Crippen LogP contribution is -2.28. The van der Waals surface area contributed by atoms with Gasteiger partial charge in [0.1, 0.15) is 0 Å². The third kappa shape index (κ3) is 3.44. The van der Waals surface area contributed by atoms with Crippen molar-refractivity contribution in [3.8, 4) is 0 Å². The molecule has 0 aliphatic carbocycles. The number of nitrogens with one attached hydrogen (secondary N) is 1. The molecule has 24 heavy (non-hydrogen) atoms. The summed E-state index contributed by atoms with van der Waals surface area (Å²) >= 11 is 6.08. The number of hydrogen-bond donors (Lipinski definition) is 1. The van der Waals surface area contributed by atoms with E-state index in [1.807, 2.05) is 50.2 Å². The summed E-state index contributed by atoms with van der Waals surface area (Å²) < 4.78 is 0. The zero-order valence-electron chi connectivity index (χ0n) is 13.7. The Morgan fingerprint density at radius 2 is 1.88 bits per heavy atom. The van der Waals surface area contributed by atoms with E-state index in [-0.39, 0.29) is 24.2 Å². The number of anilines is 2. The molecule has 0 saturated carbocycles. The monoisotopic (exact) mass is 342 g/mol. The Hall–Kier alpha value is -2.33. The topological polar surface area (TPSA) is 49.4 Å². The van der Waals surface area contributed by atoms with Crippen LogP contribution in [0.15, 0.2) is 42.5 Å². The van der Waals surface area contributed by atoms with Crippen molar-refractivity contribution >= 4 is 34.8 Å². The first-order valence-electron chi connectivity index (χ1n) is 7.88. The molecule has 1 N–H and O–H groups in total. The molecule has 2 aromatic carbocycles. The summed E-state index contributed by atoms with van der Waals surface area (Å²) in [6.07, 6.45) is 0.222. The lowest BCUT2D eigenvalue weighted by molar-refractivity contribution is -0.122. The van der Waals surface area contributed by atoms with E-state index in [0.717, 1.165) is 16.8 Å². The maximum Gasteiger partial charge on any atom is 0.229 e. The number of aryl methyl sites for hydroxylation is 2. The van der Waals surface area contributed by atoms with Crippen LogP contribution in [-0.4, -0.2) is 18.4 Å². The molecule has 3 rings (SSSR count). The number of halogens is 1. The Labute approximate surface area is 146 Å². The summed E-state index contributed by atoms with van der Waals surface area (Å²) in [6.45, 7) is 4.30. The Morgan fingerprint density at radius 1 is 1.17 bits per heavy atom. The van der Waals surface area contributed by atoms with Gasteiger partial charge in [-0.1, -0.05) is 35.4 Å². The van der Waals surface area contributed by atoms with Crippen molar-refractivity contribution in [3.05, 3.63) is 58.6 Å². The number of carbonyl (C=O) groups excluding carboxylic acids is 2. The van der Waals surface area contributed by atoms with Gasteiger partial charge in [-0.2, -0.15) is 0 Å². The Kier molecular flexibility index (Phi) is 4.58. The molecule has 124 valence electrons. The van der Waals surface area contributed by atoms with Crippen LogP contribution >= 0.6 is 11.6 Å². The highest BCUT2D eigenvalue weighted by atomic mass is 35.5.